The van der Waals surface area contributed by atoms with Gasteiger partial charge >= 0.3 is 17.9 Å². The van der Waals surface area contributed by atoms with E-state index in [1.807, 2.05) is 0 Å². The number of esters is 3. The highest BCUT2D eigenvalue weighted by atomic mass is 16.6. The first kappa shape index (κ1) is 68.8. The minimum absolute atomic E-state index is 0.0953. The van der Waals surface area contributed by atoms with E-state index in [0.29, 0.717) is 19.3 Å². The number of unbranched alkanes of at least 4 members (excludes halogenated alkanes) is 22. The number of rotatable bonds is 53. The maximum Gasteiger partial charge on any atom is 0.306 e. The van der Waals surface area contributed by atoms with Gasteiger partial charge in [-0.1, -0.05) is 239 Å². The van der Waals surface area contributed by atoms with Crippen molar-refractivity contribution >= 4 is 17.9 Å². The zero-order valence-corrected chi connectivity index (χ0v) is 47.4. The van der Waals surface area contributed by atoms with E-state index >= 15 is 0 Å². The van der Waals surface area contributed by atoms with Crippen molar-refractivity contribution in [3.63, 3.8) is 0 Å². The summed E-state index contributed by atoms with van der Waals surface area (Å²) >= 11 is 0. The van der Waals surface area contributed by atoms with Crippen LogP contribution >= 0.6 is 0 Å². The third-order valence-corrected chi connectivity index (χ3v) is 12.4. The highest BCUT2D eigenvalue weighted by molar-refractivity contribution is 5.71. The first-order valence-corrected chi connectivity index (χ1v) is 30.0. The van der Waals surface area contributed by atoms with E-state index in [4.69, 9.17) is 14.2 Å². The van der Waals surface area contributed by atoms with Crippen molar-refractivity contribution < 1.29 is 28.6 Å². The maximum absolute atomic E-state index is 12.9. The first-order valence-electron chi connectivity index (χ1n) is 30.0. The van der Waals surface area contributed by atoms with Crippen molar-refractivity contribution in [1.29, 1.82) is 0 Å². The molecule has 6 heteroatoms. The van der Waals surface area contributed by atoms with Crippen LogP contribution in [0.5, 0.6) is 0 Å². The molecule has 6 nitrogen and oxygen atoms in total. The average molecular weight is 1010 g/mol. The van der Waals surface area contributed by atoms with Crippen molar-refractivity contribution in [2.45, 2.75) is 271 Å². The topological polar surface area (TPSA) is 78.9 Å². The quantitative estimate of drug-likeness (QED) is 0.0261. The van der Waals surface area contributed by atoms with Crippen LogP contribution in [0.3, 0.4) is 0 Å². The molecule has 0 saturated carbocycles. The van der Waals surface area contributed by atoms with Crippen LogP contribution in [0.1, 0.15) is 265 Å². The molecule has 0 radical (unpaired) electrons. The fourth-order valence-corrected chi connectivity index (χ4v) is 7.98. The molecule has 1 unspecified atom stereocenters. The molecule has 0 N–H and O–H groups in total. The molecular weight excluding hydrogens is 901 g/mol. The molecule has 0 aromatic carbocycles. The van der Waals surface area contributed by atoms with Crippen molar-refractivity contribution in [2.75, 3.05) is 13.2 Å². The van der Waals surface area contributed by atoms with Gasteiger partial charge in [0.15, 0.2) is 6.10 Å². The Balaban J connectivity index is 4.46. The Morgan fingerprint density at radius 3 is 0.836 bits per heavy atom. The van der Waals surface area contributed by atoms with Crippen LogP contribution in [0.2, 0.25) is 0 Å². The van der Waals surface area contributed by atoms with Gasteiger partial charge in [0, 0.05) is 19.3 Å². The van der Waals surface area contributed by atoms with E-state index in [1.165, 1.54) is 77.0 Å². The normalized spacial score (nSPS) is 13.0. The van der Waals surface area contributed by atoms with Crippen LogP contribution in [0.15, 0.2) is 122 Å². The summed E-state index contributed by atoms with van der Waals surface area (Å²) < 4.78 is 16.9. The molecule has 0 spiro atoms. The van der Waals surface area contributed by atoms with E-state index < -0.39 is 6.10 Å². The molecule has 0 aliphatic rings. The van der Waals surface area contributed by atoms with Crippen molar-refractivity contribution in [1.82, 2.24) is 0 Å². The fraction of sp³-hybridized carbons (Fsp3) is 0.657. The molecule has 1 atom stereocenters. The number of ether oxygens (including phenoxy) is 3. The van der Waals surface area contributed by atoms with Gasteiger partial charge in [-0.15, -0.1) is 0 Å². The molecule has 0 aliphatic carbocycles. The van der Waals surface area contributed by atoms with Gasteiger partial charge in [-0.2, -0.15) is 0 Å². The van der Waals surface area contributed by atoms with Crippen LogP contribution in [0, 0.1) is 0 Å². The monoisotopic (exact) mass is 1010 g/mol. The number of allylic oxidation sites excluding steroid dienone is 20. The SMILES string of the molecule is CC/C=C\C/C=C\C/C=C\C/C=C\C/C=C\CCCCCCCC(=O)OCC(COC(=O)CCCCCCCCC/C=C\C/C=C\CCCCC)OC(=O)CCCCCCCCC/C=C\C/C=C\C/C=C\CC. The van der Waals surface area contributed by atoms with Gasteiger partial charge < -0.3 is 14.2 Å². The number of hydrogen-bond donors (Lipinski definition) is 0. The summed E-state index contributed by atoms with van der Waals surface area (Å²) in [5.74, 6) is -0.930. The van der Waals surface area contributed by atoms with E-state index in [1.54, 1.807) is 0 Å². The second kappa shape index (κ2) is 60.4. The Kier molecular flexibility index (Phi) is 56.9. The first-order chi connectivity index (χ1) is 36.0. The second-order valence-corrected chi connectivity index (χ2v) is 19.5. The Hall–Kier alpha value is -4.19. The van der Waals surface area contributed by atoms with E-state index in [-0.39, 0.29) is 31.1 Å². The van der Waals surface area contributed by atoms with Gasteiger partial charge in [0.05, 0.1) is 0 Å². The summed E-state index contributed by atoms with van der Waals surface area (Å²) in [5, 5.41) is 0. The molecule has 0 amide bonds. The molecule has 0 aliphatic heterocycles. The predicted octanol–water partition coefficient (Wildman–Crippen LogP) is 20.4. The van der Waals surface area contributed by atoms with E-state index in [9.17, 15) is 14.4 Å². The lowest BCUT2D eigenvalue weighted by Crippen LogP contribution is -2.30. The Morgan fingerprint density at radius 2 is 0.534 bits per heavy atom. The van der Waals surface area contributed by atoms with Gasteiger partial charge in [0.1, 0.15) is 13.2 Å². The van der Waals surface area contributed by atoms with Crippen LogP contribution < -0.4 is 0 Å². The predicted molar refractivity (Wildman–Crippen MR) is 316 cm³/mol. The summed E-state index contributed by atoms with van der Waals surface area (Å²) in [4.78, 5) is 38.3. The van der Waals surface area contributed by atoms with Gasteiger partial charge in [-0.05, 0) is 128 Å². The van der Waals surface area contributed by atoms with Crippen molar-refractivity contribution in [2.24, 2.45) is 0 Å². The summed E-state index contributed by atoms with van der Waals surface area (Å²) in [6, 6.07) is 0. The lowest BCUT2D eigenvalue weighted by Gasteiger charge is -2.18. The summed E-state index contributed by atoms with van der Waals surface area (Å²) in [7, 11) is 0. The smallest absolute Gasteiger partial charge is 0.306 e. The summed E-state index contributed by atoms with van der Waals surface area (Å²) in [6.45, 7) is 6.37. The van der Waals surface area contributed by atoms with E-state index in [0.717, 1.165) is 148 Å². The number of carbonyl (C=O) groups is 3. The molecule has 0 bridgehead atoms. The average Bonchev–Trinajstić information content (AvgIpc) is 3.39. The molecule has 0 fully saturated rings. The zero-order chi connectivity index (χ0) is 52.9. The van der Waals surface area contributed by atoms with Gasteiger partial charge in [-0.3, -0.25) is 14.4 Å². The maximum atomic E-state index is 12.9. The molecule has 0 saturated heterocycles. The van der Waals surface area contributed by atoms with Crippen molar-refractivity contribution in [3.05, 3.63) is 122 Å². The minimum atomic E-state index is -0.800. The highest BCUT2D eigenvalue weighted by Gasteiger charge is 2.19. The van der Waals surface area contributed by atoms with Gasteiger partial charge in [0.25, 0.3) is 0 Å². The minimum Gasteiger partial charge on any atom is -0.462 e. The van der Waals surface area contributed by atoms with Gasteiger partial charge in [0.2, 0.25) is 0 Å². The molecule has 0 heterocycles. The molecule has 0 aromatic heterocycles. The molecule has 414 valence electrons. The molecule has 0 aromatic rings. The van der Waals surface area contributed by atoms with Crippen LogP contribution in [0.25, 0.3) is 0 Å². The summed E-state index contributed by atoms with van der Waals surface area (Å²) in [6.07, 6.45) is 83.2. The van der Waals surface area contributed by atoms with Crippen LogP contribution in [-0.4, -0.2) is 37.2 Å². The number of hydrogen-bond acceptors (Lipinski definition) is 6. The van der Waals surface area contributed by atoms with Crippen molar-refractivity contribution in [3.8, 4) is 0 Å². The fourth-order valence-electron chi connectivity index (χ4n) is 7.98. The highest BCUT2D eigenvalue weighted by Crippen LogP contribution is 2.14. The summed E-state index contributed by atoms with van der Waals surface area (Å²) in [5.41, 5.74) is 0. The number of carbonyl (C=O) groups excluding carboxylic acids is 3. The Morgan fingerprint density at radius 1 is 0.288 bits per heavy atom. The molecular formula is C67H110O6. The third-order valence-electron chi connectivity index (χ3n) is 12.4. The van der Waals surface area contributed by atoms with Crippen LogP contribution in [0.4, 0.5) is 0 Å². The molecule has 0 rings (SSSR count). The lowest BCUT2D eigenvalue weighted by atomic mass is 10.1. The largest absolute Gasteiger partial charge is 0.462 e. The Bertz CT molecular complexity index is 1540. The van der Waals surface area contributed by atoms with Crippen LogP contribution in [-0.2, 0) is 28.6 Å². The third kappa shape index (κ3) is 58.6. The van der Waals surface area contributed by atoms with Gasteiger partial charge in [-0.25, -0.2) is 0 Å². The Labute approximate surface area is 450 Å². The molecule has 73 heavy (non-hydrogen) atoms. The van der Waals surface area contributed by atoms with E-state index in [2.05, 4.69) is 142 Å². The standard InChI is InChI=1S/C67H110O6/c1-4-7-10-13-16-19-22-25-28-31-32-33-34-37-39-42-45-48-51-54-57-60-66(69)72-63-64(73-67(70)61-58-55-52-49-46-43-40-36-30-27-24-21-18-15-12-9-6-3)62-71-65(68)59-56-53-50-47-44-41-38-35-29-26-23-20-17-14-11-8-5-2/h7,9-10,12,16-21,25-30,32-33,37,39,64H,4-6,8,11,13-15,22-24,31,34-36,38,40-63H2,1-3H3/b10-7-,12-9-,19-16-,20-17-,21-18-,28-25-,29-26-,30-27-,33-32-,39-37-. The zero-order valence-electron chi connectivity index (χ0n) is 47.4. The second-order valence-electron chi connectivity index (χ2n) is 19.5. The lowest BCUT2D eigenvalue weighted by molar-refractivity contribution is -0.167.